The van der Waals surface area contributed by atoms with E-state index in [2.05, 4.69) is 26.8 Å². The molecular weight excluding hydrogens is 460 g/mol. The number of carbonyl (C=O) groups is 1. The Morgan fingerprint density at radius 3 is 2.67 bits per heavy atom. The van der Waals surface area contributed by atoms with Gasteiger partial charge in [0, 0.05) is 36.7 Å². The number of carboxylic acid groups (broad SMARTS) is 1. The third kappa shape index (κ3) is 3.74. The molecule has 6 rings (SSSR count). The number of nitrogens with zero attached hydrogens (tertiary/aromatic N) is 8. The summed E-state index contributed by atoms with van der Waals surface area (Å²) in [6.07, 6.45) is 3.26. The second-order valence-corrected chi connectivity index (χ2v) is 8.91. The third-order valence-corrected chi connectivity index (χ3v) is 6.52. The van der Waals surface area contributed by atoms with E-state index in [-0.39, 0.29) is 18.3 Å². The average Bonchev–Trinajstić information content (AvgIpc) is 3.48. The fourth-order valence-corrected chi connectivity index (χ4v) is 4.75. The van der Waals surface area contributed by atoms with E-state index >= 15 is 0 Å². The highest BCUT2D eigenvalue weighted by molar-refractivity contribution is 5.86. The SMILES string of the molecule is C[C@H]1CN(c2ccc(O)cc2)CCN1c1nc(-n2ncc3ccccc32)c2ncn(CC(=O)O)c2n1. The van der Waals surface area contributed by atoms with Crippen molar-refractivity contribution >= 4 is 39.7 Å². The van der Waals surface area contributed by atoms with Gasteiger partial charge in [0.15, 0.2) is 17.0 Å². The van der Waals surface area contributed by atoms with Crippen LogP contribution in [0, 0.1) is 0 Å². The number of anilines is 2. The first kappa shape index (κ1) is 21.8. The van der Waals surface area contributed by atoms with Gasteiger partial charge in [-0.1, -0.05) is 18.2 Å². The zero-order valence-electron chi connectivity index (χ0n) is 19.6. The molecule has 3 aromatic heterocycles. The maximum Gasteiger partial charge on any atom is 0.323 e. The van der Waals surface area contributed by atoms with Gasteiger partial charge in [-0.25, -0.2) is 9.67 Å². The molecule has 4 heterocycles. The third-order valence-electron chi connectivity index (χ3n) is 6.52. The van der Waals surface area contributed by atoms with Crippen molar-refractivity contribution in [2.75, 3.05) is 29.4 Å². The van der Waals surface area contributed by atoms with E-state index in [4.69, 9.17) is 9.97 Å². The molecule has 0 radical (unpaired) electrons. The number of aliphatic carboxylic acids is 1. The topological polar surface area (TPSA) is 125 Å². The summed E-state index contributed by atoms with van der Waals surface area (Å²) in [6.45, 7) is 4.00. The Kier molecular flexibility index (Phi) is 5.17. The minimum absolute atomic E-state index is 0.0723. The Balaban J connectivity index is 1.42. The molecule has 1 saturated heterocycles. The molecule has 1 aliphatic heterocycles. The maximum absolute atomic E-state index is 11.5. The van der Waals surface area contributed by atoms with Crippen LogP contribution in [0.4, 0.5) is 11.6 Å². The van der Waals surface area contributed by atoms with Gasteiger partial charge in [0.25, 0.3) is 0 Å². The van der Waals surface area contributed by atoms with E-state index in [9.17, 15) is 15.0 Å². The number of rotatable bonds is 5. The number of hydrogen-bond acceptors (Lipinski definition) is 8. The molecule has 36 heavy (non-hydrogen) atoms. The minimum atomic E-state index is -0.976. The standard InChI is InChI=1S/C25H24N8O3/c1-16-13-30(18-6-8-19(34)9-7-18)10-11-32(16)25-28-23-22(26-15-31(23)14-21(35)36)24(29-25)33-20-5-3-2-4-17(20)12-27-33/h2-9,12,15-16,34H,10-11,13-14H2,1H3,(H,35,36)/t16-/m0/s1. The van der Waals surface area contributed by atoms with Gasteiger partial charge >= 0.3 is 5.97 Å². The van der Waals surface area contributed by atoms with Crippen LogP contribution in [0.3, 0.4) is 0 Å². The van der Waals surface area contributed by atoms with Crippen LogP contribution in [-0.2, 0) is 11.3 Å². The lowest BCUT2D eigenvalue weighted by atomic mass is 10.1. The first-order valence-corrected chi connectivity index (χ1v) is 11.7. The fraction of sp³-hybridized carbons (Fsp3) is 0.240. The van der Waals surface area contributed by atoms with Crippen molar-refractivity contribution in [1.82, 2.24) is 29.3 Å². The van der Waals surface area contributed by atoms with Crippen molar-refractivity contribution in [1.29, 1.82) is 0 Å². The maximum atomic E-state index is 11.5. The van der Waals surface area contributed by atoms with Gasteiger partial charge in [-0.15, -0.1) is 0 Å². The average molecular weight is 485 g/mol. The summed E-state index contributed by atoms with van der Waals surface area (Å²) in [6, 6.07) is 15.1. The summed E-state index contributed by atoms with van der Waals surface area (Å²) < 4.78 is 3.26. The number of piperazine rings is 1. The summed E-state index contributed by atoms with van der Waals surface area (Å²) in [4.78, 5) is 30.0. The van der Waals surface area contributed by atoms with Crippen LogP contribution in [0.15, 0.2) is 61.1 Å². The molecule has 2 N–H and O–H groups in total. The van der Waals surface area contributed by atoms with Crippen molar-refractivity contribution < 1.29 is 15.0 Å². The van der Waals surface area contributed by atoms with E-state index in [0.29, 0.717) is 29.5 Å². The van der Waals surface area contributed by atoms with Crippen LogP contribution < -0.4 is 9.80 Å². The number of benzene rings is 2. The molecule has 0 bridgehead atoms. The lowest BCUT2D eigenvalue weighted by Gasteiger charge is -2.41. The Morgan fingerprint density at radius 1 is 1.08 bits per heavy atom. The van der Waals surface area contributed by atoms with Crippen LogP contribution >= 0.6 is 0 Å². The summed E-state index contributed by atoms with van der Waals surface area (Å²) in [5, 5.41) is 24.6. The van der Waals surface area contributed by atoms with Gasteiger partial charge in [-0.3, -0.25) is 4.79 Å². The highest BCUT2D eigenvalue weighted by Crippen LogP contribution is 2.28. The van der Waals surface area contributed by atoms with Gasteiger partial charge in [0.2, 0.25) is 5.95 Å². The number of aromatic hydroxyl groups is 1. The van der Waals surface area contributed by atoms with Gasteiger partial charge < -0.3 is 24.6 Å². The summed E-state index contributed by atoms with van der Waals surface area (Å²) in [7, 11) is 0. The number of hydrogen-bond donors (Lipinski definition) is 2. The Bertz CT molecular complexity index is 1580. The number of para-hydroxylation sites is 1. The van der Waals surface area contributed by atoms with Crippen LogP contribution in [-0.4, -0.2) is 71.2 Å². The molecule has 0 spiro atoms. The predicted octanol–water partition coefficient (Wildman–Crippen LogP) is 2.67. The Hall–Kier alpha value is -4.67. The van der Waals surface area contributed by atoms with Crippen molar-refractivity contribution in [2.24, 2.45) is 0 Å². The van der Waals surface area contributed by atoms with Crippen molar-refractivity contribution in [3.05, 3.63) is 61.1 Å². The summed E-state index contributed by atoms with van der Waals surface area (Å²) in [5.41, 5.74) is 2.86. The summed E-state index contributed by atoms with van der Waals surface area (Å²) in [5.74, 6) is 0.274. The zero-order valence-corrected chi connectivity index (χ0v) is 19.6. The van der Waals surface area contributed by atoms with Gasteiger partial charge in [-0.05, 0) is 37.3 Å². The first-order chi connectivity index (χ1) is 17.5. The molecular formula is C25H24N8O3. The second-order valence-electron chi connectivity index (χ2n) is 8.91. The Morgan fingerprint density at radius 2 is 1.89 bits per heavy atom. The van der Waals surface area contributed by atoms with E-state index < -0.39 is 5.97 Å². The van der Waals surface area contributed by atoms with E-state index in [0.717, 1.165) is 29.7 Å². The highest BCUT2D eigenvalue weighted by Gasteiger charge is 2.28. The largest absolute Gasteiger partial charge is 0.508 e. The van der Waals surface area contributed by atoms with Gasteiger partial charge in [0.05, 0.1) is 18.0 Å². The molecule has 11 nitrogen and oxygen atoms in total. The number of phenols is 1. The molecule has 5 aromatic rings. The fourth-order valence-electron chi connectivity index (χ4n) is 4.75. The van der Waals surface area contributed by atoms with Crippen LogP contribution in [0.5, 0.6) is 5.75 Å². The van der Waals surface area contributed by atoms with Crippen LogP contribution in [0.25, 0.3) is 27.9 Å². The second kappa shape index (κ2) is 8.52. The van der Waals surface area contributed by atoms with Crippen molar-refractivity contribution in [2.45, 2.75) is 19.5 Å². The number of fused-ring (bicyclic) bond motifs is 2. The lowest BCUT2D eigenvalue weighted by molar-refractivity contribution is -0.137. The van der Waals surface area contributed by atoms with E-state index in [1.54, 1.807) is 23.0 Å². The van der Waals surface area contributed by atoms with E-state index in [1.807, 2.05) is 36.4 Å². The monoisotopic (exact) mass is 484 g/mol. The summed E-state index contributed by atoms with van der Waals surface area (Å²) >= 11 is 0. The predicted molar refractivity (Wildman–Crippen MR) is 135 cm³/mol. The molecule has 0 aliphatic carbocycles. The molecule has 0 saturated carbocycles. The van der Waals surface area contributed by atoms with Gasteiger partial charge in [-0.2, -0.15) is 15.1 Å². The minimum Gasteiger partial charge on any atom is -0.508 e. The molecule has 1 aliphatic rings. The quantitative estimate of drug-likeness (QED) is 0.387. The number of phenolic OH excluding ortho intramolecular Hbond substituents is 1. The normalized spacial score (nSPS) is 16.2. The molecule has 0 amide bonds. The van der Waals surface area contributed by atoms with Crippen LogP contribution in [0.2, 0.25) is 0 Å². The van der Waals surface area contributed by atoms with Crippen molar-refractivity contribution in [3.63, 3.8) is 0 Å². The molecule has 182 valence electrons. The number of imidazole rings is 1. The lowest BCUT2D eigenvalue weighted by Crippen LogP contribution is -2.52. The molecule has 2 aromatic carbocycles. The van der Waals surface area contributed by atoms with Crippen LogP contribution in [0.1, 0.15) is 6.92 Å². The highest BCUT2D eigenvalue weighted by atomic mass is 16.4. The molecule has 0 unspecified atom stereocenters. The molecule has 1 fully saturated rings. The van der Waals surface area contributed by atoms with Gasteiger partial charge in [0.1, 0.15) is 12.3 Å². The van der Waals surface area contributed by atoms with Crippen molar-refractivity contribution in [3.8, 4) is 11.6 Å². The van der Waals surface area contributed by atoms with E-state index in [1.165, 1.54) is 10.9 Å². The molecule has 1 atom stereocenters. The smallest absolute Gasteiger partial charge is 0.323 e. The molecule has 11 heteroatoms. The first-order valence-electron chi connectivity index (χ1n) is 11.7. The number of aromatic nitrogens is 6. The zero-order chi connectivity index (χ0) is 24.8. The number of carboxylic acids is 1. The Labute approximate surface area is 205 Å².